The zero-order valence-electron chi connectivity index (χ0n) is 10.8. The fourth-order valence-corrected chi connectivity index (χ4v) is 1.63. The summed E-state index contributed by atoms with van der Waals surface area (Å²) in [4.78, 5) is 14.6. The quantitative estimate of drug-likeness (QED) is 0.795. The summed E-state index contributed by atoms with van der Waals surface area (Å²) in [5.74, 6) is 3.33. The fraction of sp³-hybridized carbons (Fsp3) is 0.0667. The van der Waals surface area contributed by atoms with Crippen molar-refractivity contribution in [2.24, 2.45) is 0 Å². The number of aromatic nitrogens is 1. The number of hydrogen-bond donors (Lipinski definition) is 2. The van der Waals surface area contributed by atoms with E-state index in [4.69, 9.17) is 5.11 Å². The minimum absolute atomic E-state index is 0.101. The Bertz CT molecular complexity index is 789. The maximum Gasteiger partial charge on any atom is 0.416 e. The number of carboxylic acid groups (broad SMARTS) is 1. The van der Waals surface area contributed by atoms with Crippen LogP contribution in [0.25, 0.3) is 0 Å². The molecule has 1 heterocycles. The van der Waals surface area contributed by atoms with E-state index < -0.39 is 23.3 Å². The monoisotopic (exact) mass is 307 g/mol. The summed E-state index contributed by atoms with van der Waals surface area (Å²) in [6.07, 6.45) is -2.18. The van der Waals surface area contributed by atoms with Gasteiger partial charge in [-0.15, -0.1) is 0 Å². The maximum atomic E-state index is 12.7. The number of rotatable bonds is 1. The van der Waals surface area contributed by atoms with E-state index >= 15 is 0 Å². The molecule has 0 bridgehead atoms. The first-order valence-corrected chi connectivity index (χ1v) is 5.87. The van der Waals surface area contributed by atoms with Gasteiger partial charge in [0.25, 0.3) is 0 Å². The number of aromatic hydroxyl groups is 1. The van der Waals surface area contributed by atoms with Crippen molar-refractivity contribution in [2.75, 3.05) is 0 Å². The Balaban J connectivity index is 2.47. The third kappa shape index (κ3) is 3.76. The highest BCUT2D eigenvalue weighted by Crippen LogP contribution is 2.30. The molecule has 0 fully saturated rings. The summed E-state index contributed by atoms with van der Waals surface area (Å²) in [6.45, 7) is 0. The molecule has 2 rings (SSSR count). The lowest BCUT2D eigenvalue weighted by Gasteiger charge is -2.08. The number of carbonyl (C=O) groups is 1. The minimum Gasteiger partial charge on any atom is -0.506 e. The maximum absolute atomic E-state index is 12.7. The molecule has 2 aromatic rings. The number of halogens is 3. The number of carboxylic acids is 1. The number of benzene rings is 1. The molecule has 0 radical (unpaired) electrons. The van der Waals surface area contributed by atoms with Crippen molar-refractivity contribution in [3.8, 4) is 17.6 Å². The highest BCUT2D eigenvalue weighted by molar-refractivity contribution is 5.88. The van der Waals surface area contributed by atoms with Crippen LogP contribution in [-0.4, -0.2) is 21.2 Å². The van der Waals surface area contributed by atoms with Crippen molar-refractivity contribution < 1.29 is 28.2 Å². The Morgan fingerprint density at radius 1 is 1.05 bits per heavy atom. The summed E-state index contributed by atoms with van der Waals surface area (Å²) in [5.41, 5.74) is -1.41. The molecule has 22 heavy (non-hydrogen) atoms. The molecular weight excluding hydrogens is 299 g/mol. The van der Waals surface area contributed by atoms with Crippen LogP contribution in [0, 0.1) is 11.8 Å². The first kappa shape index (κ1) is 15.4. The predicted molar refractivity (Wildman–Crippen MR) is 70.3 cm³/mol. The number of alkyl halides is 3. The normalized spacial score (nSPS) is 10.7. The summed E-state index contributed by atoms with van der Waals surface area (Å²) in [6, 6.07) is 3.63. The summed E-state index contributed by atoms with van der Waals surface area (Å²) >= 11 is 0. The Morgan fingerprint density at radius 2 is 1.73 bits per heavy atom. The standard InChI is InChI=1S/C15H8F3NO3/c16-15(17,18)12-4-9(3-11(6-12)14(21)22)1-2-10-5-13(20)8-19-7-10/h3-8,20H,(H,21,22). The lowest BCUT2D eigenvalue weighted by atomic mass is 10.1. The number of hydrogen-bond acceptors (Lipinski definition) is 3. The molecule has 0 saturated carbocycles. The van der Waals surface area contributed by atoms with Crippen molar-refractivity contribution >= 4 is 5.97 Å². The third-order valence-corrected chi connectivity index (χ3v) is 2.58. The van der Waals surface area contributed by atoms with Crippen LogP contribution < -0.4 is 0 Å². The Hall–Kier alpha value is -3.01. The van der Waals surface area contributed by atoms with Gasteiger partial charge < -0.3 is 10.2 Å². The van der Waals surface area contributed by atoms with Gasteiger partial charge in [0.15, 0.2) is 0 Å². The highest BCUT2D eigenvalue weighted by Gasteiger charge is 2.31. The molecule has 0 aliphatic heterocycles. The van der Waals surface area contributed by atoms with Crippen LogP contribution in [-0.2, 0) is 6.18 Å². The van der Waals surface area contributed by atoms with Crippen molar-refractivity contribution in [1.29, 1.82) is 0 Å². The second-order valence-electron chi connectivity index (χ2n) is 4.28. The first-order chi connectivity index (χ1) is 10.3. The Kier molecular flexibility index (Phi) is 4.04. The van der Waals surface area contributed by atoms with Gasteiger partial charge in [0.1, 0.15) is 5.75 Å². The van der Waals surface area contributed by atoms with E-state index in [0.717, 1.165) is 12.1 Å². The molecule has 0 amide bonds. The van der Waals surface area contributed by atoms with Gasteiger partial charge in [-0.2, -0.15) is 13.2 Å². The molecule has 4 nitrogen and oxygen atoms in total. The van der Waals surface area contributed by atoms with Crippen molar-refractivity contribution in [2.45, 2.75) is 6.18 Å². The summed E-state index contributed by atoms with van der Waals surface area (Å²) in [7, 11) is 0. The van der Waals surface area contributed by atoms with Gasteiger partial charge in [-0.1, -0.05) is 11.8 Å². The third-order valence-electron chi connectivity index (χ3n) is 2.58. The van der Waals surface area contributed by atoms with E-state index in [1.807, 2.05) is 0 Å². The molecule has 0 atom stereocenters. The van der Waals surface area contributed by atoms with Crippen LogP contribution in [0.3, 0.4) is 0 Å². The average Bonchev–Trinajstić information content (AvgIpc) is 2.44. The van der Waals surface area contributed by atoms with E-state index in [2.05, 4.69) is 16.8 Å². The van der Waals surface area contributed by atoms with Gasteiger partial charge in [-0.3, -0.25) is 4.98 Å². The second-order valence-corrected chi connectivity index (χ2v) is 4.28. The largest absolute Gasteiger partial charge is 0.506 e. The van der Waals surface area contributed by atoms with E-state index in [-0.39, 0.29) is 16.9 Å². The molecule has 0 aliphatic carbocycles. The zero-order chi connectivity index (χ0) is 16.3. The van der Waals surface area contributed by atoms with Gasteiger partial charge in [-0.25, -0.2) is 4.79 Å². The minimum atomic E-state index is -4.67. The average molecular weight is 307 g/mol. The van der Waals surface area contributed by atoms with Gasteiger partial charge in [-0.05, 0) is 24.3 Å². The Morgan fingerprint density at radius 3 is 2.32 bits per heavy atom. The van der Waals surface area contributed by atoms with Crippen LogP contribution in [0.5, 0.6) is 5.75 Å². The molecule has 1 aromatic heterocycles. The predicted octanol–water partition coefficient (Wildman–Crippen LogP) is 2.90. The SMILES string of the molecule is O=C(O)c1cc(C#Cc2cncc(O)c2)cc(C(F)(F)F)c1. The molecule has 112 valence electrons. The van der Waals surface area contributed by atoms with Crippen molar-refractivity contribution in [3.63, 3.8) is 0 Å². The molecule has 0 saturated heterocycles. The molecule has 0 unspecified atom stereocenters. The second kappa shape index (κ2) is 5.77. The summed E-state index contributed by atoms with van der Waals surface area (Å²) in [5, 5.41) is 18.1. The van der Waals surface area contributed by atoms with Crippen LogP contribution >= 0.6 is 0 Å². The van der Waals surface area contributed by atoms with E-state index in [9.17, 15) is 23.1 Å². The topological polar surface area (TPSA) is 70.4 Å². The molecule has 7 heteroatoms. The number of aromatic carboxylic acids is 1. The van der Waals surface area contributed by atoms with Crippen molar-refractivity contribution in [3.05, 3.63) is 58.9 Å². The van der Waals surface area contributed by atoms with Crippen LogP contribution in [0.1, 0.15) is 27.0 Å². The molecule has 2 N–H and O–H groups in total. The van der Waals surface area contributed by atoms with Gasteiger partial charge >= 0.3 is 12.1 Å². The smallest absolute Gasteiger partial charge is 0.416 e. The van der Waals surface area contributed by atoms with Gasteiger partial charge in [0.2, 0.25) is 0 Å². The lowest BCUT2D eigenvalue weighted by Crippen LogP contribution is -2.08. The van der Waals surface area contributed by atoms with E-state index in [1.165, 1.54) is 18.5 Å². The number of pyridine rings is 1. The van der Waals surface area contributed by atoms with Crippen LogP contribution in [0.15, 0.2) is 36.7 Å². The Labute approximate surface area is 122 Å². The number of nitrogens with zero attached hydrogens (tertiary/aromatic N) is 1. The highest BCUT2D eigenvalue weighted by atomic mass is 19.4. The first-order valence-electron chi connectivity index (χ1n) is 5.87. The molecule has 0 aliphatic rings. The molecular formula is C15H8F3NO3. The molecule has 1 aromatic carbocycles. The van der Waals surface area contributed by atoms with Crippen LogP contribution in [0.4, 0.5) is 13.2 Å². The fourth-order valence-electron chi connectivity index (χ4n) is 1.63. The van der Waals surface area contributed by atoms with Crippen molar-refractivity contribution in [1.82, 2.24) is 4.98 Å². The van der Waals surface area contributed by atoms with Gasteiger partial charge in [0, 0.05) is 17.3 Å². The molecule has 0 spiro atoms. The van der Waals surface area contributed by atoms with E-state index in [0.29, 0.717) is 6.07 Å². The van der Waals surface area contributed by atoms with Crippen LogP contribution in [0.2, 0.25) is 0 Å². The summed E-state index contributed by atoms with van der Waals surface area (Å²) < 4.78 is 38.2. The van der Waals surface area contributed by atoms with E-state index in [1.54, 1.807) is 0 Å². The lowest BCUT2D eigenvalue weighted by molar-refractivity contribution is -0.137. The van der Waals surface area contributed by atoms with Gasteiger partial charge in [0.05, 0.1) is 17.3 Å². The zero-order valence-corrected chi connectivity index (χ0v) is 10.8.